The smallest absolute Gasteiger partial charge is 0.408 e. The van der Waals surface area contributed by atoms with Crippen molar-refractivity contribution in [1.82, 2.24) is 10.3 Å². The van der Waals surface area contributed by atoms with Gasteiger partial charge in [-0.25, -0.2) is 14.6 Å². The van der Waals surface area contributed by atoms with Gasteiger partial charge in [-0.2, -0.15) is 5.53 Å². The topological polar surface area (TPSA) is 148 Å². The first-order valence-corrected chi connectivity index (χ1v) is 7.39. The zero-order valence-electron chi connectivity index (χ0n) is 13.8. The highest BCUT2D eigenvalue weighted by Gasteiger charge is 2.22. The molecule has 0 fully saturated rings. The molecule has 1 aromatic carbocycles. The normalized spacial score (nSPS) is 11.2. The molecule has 0 saturated carbocycles. The van der Waals surface area contributed by atoms with E-state index >= 15 is 0 Å². The Morgan fingerprint density at radius 1 is 1.36 bits per heavy atom. The van der Waals surface area contributed by atoms with Crippen LogP contribution >= 0.6 is 0 Å². The molecule has 0 heterocycles. The lowest BCUT2D eigenvalue weighted by Gasteiger charge is -2.19. The van der Waals surface area contributed by atoms with E-state index in [0.717, 1.165) is 10.6 Å². The van der Waals surface area contributed by atoms with Gasteiger partial charge in [0.25, 0.3) is 0 Å². The van der Waals surface area contributed by atoms with Gasteiger partial charge in [-0.3, -0.25) is 5.41 Å². The number of amides is 1. The summed E-state index contributed by atoms with van der Waals surface area (Å²) in [6, 6.07) is 7.75. The number of carboxylic acids is 1. The quantitative estimate of drug-likeness (QED) is 0.166. The van der Waals surface area contributed by atoms with Crippen molar-refractivity contribution in [2.45, 2.75) is 25.5 Å². The number of ether oxygens (including phenoxy) is 2. The summed E-state index contributed by atoms with van der Waals surface area (Å²) in [5.41, 5.74) is 7.71. The molecule has 0 saturated heterocycles. The lowest BCUT2D eigenvalue weighted by molar-refractivity contribution is -0.139. The van der Waals surface area contributed by atoms with E-state index in [1.807, 2.05) is 6.07 Å². The zero-order valence-corrected chi connectivity index (χ0v) is 13.8. The maximum atomic E-state index is 11.7. The van der Waals surface area contributed by atoms with Gasteiger partial charge in [0, 0.05) is 13.5 Å². The van der Waals surface area contributed by atoms with Gasteiger partial charge in [-0.15, -0.1) is 0 Å². The minimum atomic E-state index is -1.24. The van der Waals surface area contributed by atoms with Crippen molar-refractivity contribution in [3.8, 4) is 0 Å². The summed E-state index contributed by atoms with van der Waals surface area (Å²) in [4.78, 5) is 23.0. The van der Waals surface area contributed by atoms with Crippen molar-refractivity contribution < 1.29 is 24.2 Å². The van der Waals surface area contributed by atoms with E-state index < -0.39 is 18.1 Å². The number of hydrogen-bond donors (Lipinski definition) is 4. The Balaban J connectivity index is 2.48. The molecular weight excluding hydrogens is 330 g/mol. The maximum absolute atomic E-state index is 11.7. The molecule has 0 aliphatic carbocycles. The van der Waals surface area contributed by atoms with Crippen LogP contribution in [-0.2, 0) is 20.9 Å². The number of carboxylic acid groups (broad SMARTS) is 1. The first-order valence-electron chi connectivity index (χ1n) is 7.39. The van der Waals surface area contributed by atoms with Gasteiger partial charge in [0.05, 0.1) is 0 Å². The lowest BCUT2D eigenvalue weighted by atomic mass is 10.1. The lowest BCUT2D eigenvalue weighted by Crippen LogP contribution is -2.42. The predicted molar refractivity (Wildman–Crippen MR) is 87.0 cm³/mol. The van der Waals surface area contributed by atoms with Crippen molar-refractivity contribution in [3.05, 3.63) is 35.9 Å². The van der Waals surface area contributed by atoms with Gasteiger partial charge in [-0.1, -0.05) is 35.6 Å². The van der Waals surface area contributed by atoms with E-state index in [1.54, 1.807) is 24.3 Å². The molecule has 4 N–H and O–H groups in total. The first-order chi connectivity index (χ1) is 12.0. The molecule has 1 atom stereocenters. The molecule has 0 radical (unpaired) electrons. The second-order valence-electron chi connectivity index (χ2n) is 5.00. The Hall–Kier alpha value is -3.01. The number of carbonyl (C=O) groups is 2. The van der Waals surface area contributed by atoms with Crippen molar-refractivity contribution in [1.29, 1.82) is 10.9 Å². The number of amidine groups is 1. The molecule has 1 amide bonds. The Morgan fingerprint density at radius 3 is 2.60 bits per heavy atom. The fourth-order valence-corrected chi connectivity index (χ4v) is 1.86. The Labute approximate surface area is 144 Å². The number of alkyl carbamates (subject to hydrolysis) is 1. The SMILES string of the molecule is COCN(N=N)C(=N)CCC(NC(=O)OCc1ccccc1)C(=O)O. The standard InChI is InChI=1S/C15H21N5O5/c1-24-10-20(19-17)13(16)8-7-12(14(21)22)18-15(23)25-9-11-5-3-2-4-6-11/h2-6,12,16-17H,7-10H2,1H3,(H,18,23)(H,21,22). The van der Waals surface area contributed by atoms with Crippen LogP contribution in [0.4, 0.5) is 4.79 Å². The number of methoxy groups -OCH3 is 1. The van der Waals surface area contributed by atoms with Crippen LogP contribution < -0.4 is 5.32 Å². The van der Waals surface area contributed by atoms with Crippen LogP contribution in [-0.4, -0.2) is 47.9 Å². The minimum absolute atomic E-state index is 0.0122. The third kappa shape index (κ3) is 7.40. The van der Waals surface area contributed by atoms with Gasteiger partial charge in [0.1, 0.15) is 25.2 Å². The first kappa shape index (κ1) is 20.0. The van der Waals surface area contributed by atoms with E-state index in [4.69, 9.17) is 20.4 Å². The number of benzene rings is 1. The zero-order chi connectivity index (χ0) is 18.7. The van der Waals surface area contributed by atoms with Crippen LogP contribution in [0.25, 0.3) is 0 Å². The Morgan fingerprint density at radius 2 is 2.04 bits per heavy atom. The molecule has 25 heavy (non-hydrogen) atoms. The number of aliphatic carboxylic acids is 1. The molecule has 0 bridgehead atoms. The van der Waals surface area contributed by atoms with Crippen molar-refractivity contribution in [2.75, 3.05) is 13.8 Å². The van der Waals surface area contributed by atoms with Crippen LogP contribution in [0.15, 0.2) is 35.6 Å². The highest BCUT2D eigenvalue weighted by molar-refractivity contribution is 5.82. The summed E-state index contributed by atoms with van der Waals surface area (Å²) in [5, 5.41) is 23.2. The number of nitrogens with one attached hydrogen (secondary N) is 3. The summed E-state index contributed by atoms with van der Waals surface area (Å²) in [7, 11) is 1.38. The predicted octanol–water partition coefficient (Wildman–Crippen LogP) is 1.98. The van der Waals surface area contributed by atoms with Crippen molar-refractivity contribution in [2.24, 2.45) is 5.22 Å². The van der Waals surface area contributed by atoms with E-state index in [9.17, 15) is 14.7 Å². The molecule has 0 spiro atoms. The Kier molecular flexibility index (Phi) is 8.58. The third-order valence-corrected chi connectivity index (χ3v) is 3.16. The molecule has 136 valence electrons. The fraction of sp³-hybridized carbons (Fsp3) is 0.400. The van der Waals surface area contributed by atoms with Gasteiger partial charge < -0.3 is 19.9 Å². The van der Waals surface area contributed by atoms with Gasteiger partial charge in [0.15, 0.2) is 0 Å². The van der Waals surface area contributed by atoms with Crippen LogP contribution in [0.3, 0.4) is 0 Å². The van der Waals surface area contributed by atoms with Gasteiger partial charge >= 0.3 is 12.1 Å². The second-order valence-corrected chi connectivity index (χ2v) is 5.00. The van der Waals surface area contributed by atoms with Crippen molar-refractivity contribution >= 4 is 17.9 Å². The summed E-state index contributed by atoms with van der Waals surface area (Å²) in [6.45, 7) is -0.0687. The third-order valence-electron chi connectivity index (χ3n) is 3.16. The van der Waals surface area contributed by atoms with E-state index in [-0.39, 0.29) is 32.0 Å². The molecule has 10 heteroatoms. The van der Waals surface area contributed by atoms with Crippen molar-refractivity contribution in [3.63, 3.8) is 0 Å². The number of rotatable bonds is 10. The van der Waals surface area contributed by atoms with E-state index in [2.05, 4.69) is 10.5 Å². The highest BCUT2D eigenvalue weighted by atomic mass is 16.5. The second kappa shape index (κ2) is 10.7. The van der Waals surface area contributed by atoms with E-state index in [1.165, 1.54) is 7.11 Å². The summed E-state index contributed by atoms with van der Waals surface area (Å²) in [5.74, 6) is -1.34. The molecule has 1 rings (SSSR count). The van der Waals surface area contributed by atoms with E-state index in [0.29, 0.717) is 0 Å². The molecular formula is C15H21N5O5. The molecule has 0 aliphatic rings. The summed E-state index contributed by atoms with van der Waals surface area (Å²) in [6.07, 6.45) is -0.923. The average molecular weight is 351 g/mol. The summed E-state index contributed by atoms with van der Waals surface area (Å²) < 4.78 is 9.75. The molecule has 1 aromatic rings. The van der Waals surface area contributed by atoms with Gasteiger partial charge in [-0.05, 0) is 12.0 Å². The molecule has 1 unspecified atom stereocenters. The molecule has 0 aliphatic heterocycles. The number of nitrogens with zero attached hydrogens (tertiary/aromatic N) is 2. The molecule has 0 aromatic heterocycles. The number of carbonyl (C=O) groups excluding carboxylic acids is 1. The Bertz CT molecular complexity index is 595. The number of hydrogen-bond acceptors (Lipinski definition) is 7. The highest BCUT2D eigenvalue weighted by Crippen LogP contribution is 2.05. The summed E-state index contributed by atoms with van der Waals surface area (Å²) >= 11 is 0. The van der Waals surface area contributed by atoms with Gasteiger partial charge in [0.2, 0.25) is 0 Å². The largest absolute Gasteiger partial charge is 0.480 e. The molecule has 10 nitrogen and oxygen atoms in total. The monoisotopic (exact) mass is 351 g/mol. The fourth-order valence-electron chi connectivity index (χ4n) is 1.86. The maximum Gasteiger partial charge on any atom is 0.408 e. The van der Waals surface area contributed by atoms with Crippen LogP contribution in [0.1, 0.15) is 18.4 Å². The van der Waals surface area contributed by atoms with Crippen LogP contribution in [0.5, 0.6) is 0 Å². The average Bonchev–Trinajstić information content (AvgIpc) is 2.61. The minimum Gasteiger partial charge on any atom is -0.480 e. The van der Waals surface area contributed by atoms with Crippen LogP contribution in [0, 0.1) is 10.9 Å². The van der Waals surface area contributed by atoms with Crippen LogP contribution in [0.2, 0.25) is 0 Å².